The standard InChI is InChI=1S/C10H14BrNO.ClH/c1-10(7-12,13-2)8-3-5-9(11)6-4-8;/h3-6H,7,12H2,1-2H3;1H. The number of halogens is 2. The van der Waals surface area contributed by atoms with Crippen LogP contribution in [0, 0.1) is 0 Å². The molecular weight excluding hydrogens is 265 g/mol. The Hall–Kier alpha value is -0.0900. The van der Waals surface area contributed by atoms with E-state index in [-0.39, 0.29) is 18.0 Å². The van der Waals surface area contributed by atoms with Crippen LogP contribution in [0.4, 0.5) is 0 Å². The van der Waals surface area contributed by atoms with Gasteiger partial charge in [0.25, 0.3) is 0 Å². The molecule has 0 aliphatic carbocycles. The molecule has 0 aliphatic rings. The van der Waals surface area contributed by atoms with Crippen molar-refractivity contribution in [2.45, 2.75) is 12.5 Å². The van der Waals surface area contributed by atoms with Gasteiger partial charge in [0.2, 0.25) is 0 Å². The Kier molecular flexibility index (Phi) is 5.67. The van der Waals surface area contributed by atoms with Gasteiger partial charge in [-0.2, -0.15) is 0 Å². The van der Waals surface area contributed by atoms with E-state index in [0.717, 1.165) is 10.0 Å². The highest BCUT2D eigenvalue weighted by Crippen LogP contribution is 2.24. The molecule has 0 aromatic heterocycles. The second kappa shape index (κ2) is 5.71. The van der Waals surface area contributed by atoms with Crippen molar-refractivity contribution in [3.05, 3.63) is 34.3 Å². The molecule has 1 aromatic carbocycles. The molecule has 0 spiro atoms. The van der Waals surface area contributed by atoms with Crippen LogP contribution in [0.1, 0.15) is 12.5 Å². The van der Waals surface area contributed by atoms with E-state index in [0.29, 0.717) is 6.54 Å². The van der Waals surface area contributed by atoms with E-state index in [4.69, 9.17) is 10.5 Å². The van der Waals surface area contributed by atoms with Crippen LogP contribution in [0.3, 0.4) is 0 Å². The maximum atomic E-state index is 5.65. The summed E-state index contributed by atoms with van der Waals surface area (Å²) in [6, 6.07) is 8.01. The van der Waals surface area contributed by atoms with Crippen LogP contribution in [0.15, 0.2) is 28.7 Å². The number of nitrogens with two attached hydrogens (primary N) is 1. The molecular formula is C10H15BrClNO. The minimum absolute atomic E-state index is 0. The second-order valence-electron chi connectivity index (χ2n) is 3.15. The highest BCUT2D eigenvalue weighted by atomic mass is 79.9. The summed E-state index contributed by atoms with van der Waals surface area (Å²) >= 11 is 3.38. The molecule has 0 heterocycles. The Balaban J connectivity index is 0.00000169. The van der Waals surface area contributed by atoms with Gasteiger partial charge >= 0.3 is 0 Å². The minimum atomic E-state index is -0.374. The second-order valence-corrected chi connectivity index (χ2v) is 4.06. The van der Waals surface area contributed by atoms with Gasteiger partial charge in [-0.3, -0.25) is 0 Å². The number of benzene rings is 1. The molecule has 0 bridgehead atoms. The van der Waals surface area contributed by atoms with Crippen molar-refractivity contribution < 1.29 is 4.74 Å². The van der Waals surface area contributed by atoms with Crippen LogP contribution >= 0.6 is 28.3 Å². The summed E-state index contributed by atoms with van der Waals surface area (Å²) in [6.45, 7) is 2.46. The molecule has 1 unspecified atom stereocenters. The maximum absolute atomic E-state index is 5.65. The van der Waals surface area contributed by atoms with Crippen molar-refractivity contribution in [1.29, 1.82) is 0 Å². The van der Waals surface area contributed by atoms with Gasteiger partial charge < -0.3 is 10.5 Å². The molecule has 1 aromatic rings. The van der Waals surface area contributed by atoms with Gasteiger partial charge in [0.1, 0.15) is 5.60 Å². The van der Waals surface area contributed by atoms with Gasteiger partial charge in [-0.1, -0.05) is 28.1 Å². The van der Waals surface area contributed by atoms with Crippen molar-refractivity contribution in [3.8, 4) is 0 Å². The van der Waals surface area contributed by atoms with Crippen molar-refractivity contribution in [1.82, 2.24) is 0 Å². The molecule has 1 atom stereocenters. The van der Waals surface area contributed by atoms with Crippen molar-refractivity contribution >= 4 is 28.3 Å². The fourth-order valence-corrected chi connectivity index (χ4v) is 1.39. The van der Waals surface area contributed by atoms with Crippen LogP contribution in [-0.4, -0.2) is 13.7 Å². The lowest BCUT2D eigenvalue weighted by atomic mass is 9.96. The molecule has 0 aliphatic heterocycles. The fourth-order valence-electron chi connectivity index (χ4n) is 1.12. The Morgan fingerprint density at radius 3 is 2.21 bits per heavy atom. The predicted molar refractivity (Wildman–Crippen MR) is 64.8 cm³/mol. The third kappa shape index (κ3) is 2.95. The van der Waals surface area contributed by atoms with Gasteiger partial charge in [0, 0.05) is 18.1 Å². The Morgan fingerprint density at radius 2 is 1.86 bits per heavy atom. The van der Waals surface area contributed by atoms with Crippen LogP contribution in [0.25, 0.3) is 0 Å². The number of ether oxygens (including phenoxy) is 1. The van der Waals surface area contributed by atoms with Crippen LogP contribution in [-0.2, 0) is 10.3 Å². The first kappa shape index (κ1) is 13.9. The molecule has 4 heteroatoms. The van der Waals surface area contributed by atoms with Crippen molar-refractivity contribution in [2.24, 2.45) is 5.73 Å². The van der Waals surface area contributed by atoms with Crippen LogP contribution < -0.4 is 5.73 Å². The first-order valence-electron chi connectivity index (χ1n) is 4.13. The van der Waals surface area contributed by atoms with Crippen molar-refractivity contribution in [3.63, 3.8) is 0 Å². The van der Waals surface area contributed by atoms with Gasteiger partial charge in [-0.25, -0.2) is 0 Å². The smallest absolute Gasteiger partial charge is 0.102 e. The Labute approximate surface area is 99.4 Å². The quantitative estimate of drug-likeness (QED) is 0.924. The summed E-state index contributed by atoms with van der Waals surface area (Å²) in [5.41, 5.74) is 6.37. The Bertz CT molecular complexity index is 272. The van der Waals surface area contributed by atoms with Gasteiger partial charge in [-0.15, -0.1) is 12.4 Å². The van der Waals surface area contributed by atoms with E-state index >= 15 is 0 Å². The normalized spacial score (nSPS) is 14.3. The Morgan fingerprint density at radius 1 is 1.36 bits per heavy atom. The summed E-state index contributed by atoms with van der Waals surface area (Å²) < 4.78 is 6.43. The van der Waals surface area contributed by atoms with E-state index < -0.39 is 0 Å². The molecule has 80 valence electrons. The van der Waals surface area contributed by atoms with E-state index in [9.17, 15) is 0 Å². The average molecular weight is 281 g/mol. The third-order valence-corrected chi connectivity index (χ3v) is 2.82. The molecule has 1 rings (SSSR count). The molecule has 2 nitrogen and oxygen atoms in total. The largest absolute Gasteiger partial charge is 0.372 e. The first-order chi connectivity index (χ1) is 6.12. The molecule has 0 saturated carbocycles. The van der Waals surface area contributed by atoms with E-state index in [1.807, 2.05) is 31.2 Å². The zero-order valence-corrected chi connectivity index (χ0v) is 10.7. The SMILES string of the molecule is COC(C)(CN)c1ccc(Br)cc1.Cl. The lowest BCUT2D eigenvalue weighted by molar-refractivity contribution is 0.0101. The van der Waals surface area contributed by atoms with Gasteiger partial charge in [0.15, 0.2) is 0 Å². The summed E-state index contributed by atoms with van der Waals surface area (Å²) in [4.78, 5) is 0. The minimum Gasteiger partial charge on any atom is -0.372 e. The van der Waals surface area contributed by atoms with Crippen LogP contribution in [0.5, 0.6) is 0 Å². The zero-order chi connectivity index (χ0) is 9.90. The number of hydrogen-bond donors (Lipinski definition) is 1. The highest BCUT2D eigenvalue weighted by Gasteiger charge is 2.23. The van der Waals surface area contributed by atoms with Gasteiger partial charge in [-0.05, 0) is 24.6 Å². The first-order valence-corrected chi connectivity index (χ1v) is 4.93. The number of hydrogen-bond acceptors (Lipinski definition) is 2. The van der Waals surface area contributed by atoms with Crippen molar-refractivity contribution in [2.75, 3.05) is 13.7 Å². The molecule has 2 N–H and O–H groups in total. The molecule has 0 fully saturated rings. The summed E-state index contributed by atoms with van der Waals surface area (Å²) in [5.74, 6) is 0. The molecule has 0 saturated heterocycles. The number of methoxy groups -OCH3 is 1. The highest BCUT2D eigenvalue weighted by molar-refractivity contribution is 9.10. The van der Waals surface area contributed by atoms with E-state index in [1.165, 1.54) is 0 Å². The summed E-state index contributed by atoms with van der Waals surface area (Å²) in [5, 5.41) is 0. The summed E-state index contributed by atoms with van der Waals surface area (Å²) in [6.07, 6.45) is 0. The average Bonchev–Trinajstić information content (AvgIpc) is 2.18. The number of rotatable bonds is 3. The third-order valence-electron chi connectivity index (χ3n) is 2.29. The zero-order valence-electron chi connectivity index (χ0n) is 8.29. The van der Waals surface area contributed by atoms with E-state index in [2.05, 4.69) is 15.9 Å². The summed E-state index contributed by atoms with van der Waals surface area (Å²) in [7, 11) is 1.68. The van der Waals surface area contributed by atoms with Crippen LogP contribution in [0.2, 0.25) is 0 Å². The van der Waals surface area contributed by atoms with Gasteiger partial charge in [0.05, 0.1) is 0 Å². The lowest BCUT2D eigenvalue weighted by Crippen LogP contribution is -2.33. The topological polar surface area (TPSA) is 35.2 Å². The molecule has 0 amide bonds. The lowest BCUT2D eigenvalue weighted by Gasteiger charge is -2.26. The fraction of sp³-hybridized carbons (Fsp3) is 0.400. The predicted octanol–water partition coefficient (Wildman–Crippen LogP) is 2.69. The molecule has 14 heavy (non-hydrogen) atoms. The van der Waals surface area contributed by atoms with E-state index in [1.54, 1.807) is 7.11 Å². The monoisotopic (exact) mass is 279 g/mol. The maximum Gasteiger partial charge on any atom is 0.102 e. The molecule has 0 radical (unpaired) electrons.